The average molecular weight is 442 g/mol. The van der Waals surface area contributed by atoms with E-state index in [9.17, 15) is 14.7 Å². The molecule has 1 aromatic carbocycles. The Labute approximate surface area is 185 Å². The number of rotatable bonds is 4. The fraction of sp³-hybridized carbons (Fsp3) is 0.435. The van der Waals surface area contributed by atoms with E-state index < -0.39 is 5.92 Å². The van der Waals surface area contributed by atoms with E-state index in [-0.39, 0.29) is 27.8 Å². The molecule has 0 saturated carbocycles. The third kappa shape index (κ3) is 3.96. The molecule has 2 aromatic rings. The number of anilines is 1. The number of benzene rings is 1. The van der Waals surface area contributed by atoms with E-state index in [4.69, 9.17) is 4.74 Å². The van der Waals surface area contributed by atoms with Crippen LogP contribution in [0.1, 0.15) is 57.6 Å². The van der Waals surface area contributed by atoms with Crippen LogP contribution in [0.4, 0.5) is 5.82 Å². The molecule has 0 radical (unpaired) electrons. The van der Waals surface area contributed by atoms with Gasteiger partial charge in [-0.15, -0.1) is 0 Å². The first-order chi connectivity index (χ1) is 14.6. The third-order valence-corrected chi connectivity index (χ3v) is 6.47. The number of methoxy groups -OCH3 is 1. The zero-order valence-corrected chi connectivity index (χ0v) is 19.1. The highest BCUT2D eigenvalue weighted by molar-refractivity contribution is 7.99. The molecule has 7 nitrogen and oxygen atoms in total. The Kier molecular flexibility index (Phi) is 5.37. The first kappa shape index (κ1) is 21.5. The zero-order chi connectivity index (χ0) is 22.5. The van der Waals surface area contributed by atoms with Crippen LogP contribution in [0.5, 0.6) is 11.5 Å². The quantitative estimate of drug-likeness (QED) is 0.483. The Hall–Kier alpha value is -2.74. The predicted octanol–water partition coefficient (Wildman–Crippen LogP) is 4.19. The number of carbonyl (C=O) groups is 1. The van der Waals surface area contributed by atoms with Crippen molar-refractivity contribution in [3.05, 3.63) is 50.9 Å². The number of Topliss-reactive ketones (excluding diaryl/α,β-unsaturated/α-hetero) is 1. The Morgan fingerprint density at radius 3 is 2.68 bits per heavy atom. The van der Waals surface area contributed by atoms with Crippen LogP contribution in [-0.4, -0.2) is 33.2 Å². The molecule has 0 amide bonds. The van der Waals surface area contributed by atoms with Crippen LogP contribution in [0.2, 0.25) is 0 Å². The first-order valence-corrected chi connectivity index (χ1v) is 11.2. The van der Waals surface area contributed by atoms with E-state index in [1.54, 1.807) is 12.1 Å². The van der Waals surface area contributed by atoms with Crippen molar-refractivity contribution in [2.45, 2.75) is 56.9 Å². The molecule has 1 unspecified atom stereocenters. The van der Waals surface area contributed by atoms with E-state index in [0.717, 1.165) is 5.70 Å². The summed E-state index contributed by atoms with van der Waals surface area (Å²) in [6.07, 6.45) is 1.08. The lowest BCUT2D eigenvalue weighted by molar-refractivity contribution is -0.118. The predicted molar refractivity (Wildman–Crippen MR) is 121 cm³/mol. The topological polar surface area (TPSA) is 104 Å². The summed E-state index contributed by atoms with van der Waals surface area (Å²) in [5.41, 5.74) is 2.05. The SMILES string of the molecule is COc1cc(C2C3=C(CC(C)(C)CC3=O)Nc3nc(SC(C)C)[nH]c(=O)c32)ccc1O. The second kappa shape index (κ2) is 7.75. The normalized spacial score (nSPS) is 19.7. The monoisotopic (exact) mass is 441 g/mol. The number of ether oxygens (including phenoxy) is 1. The number of aromatic amines is 1. The second-order valence-corrected chi connectivity index (χ2v) is 10.7. The summed E-state index contributed by atoms with van der Waals surface area (Å²) in [5.74, 6) is 0.203. The Morgan fingerprint density at radius 2 is 2.00 bits per heavy atom. The molecule has 31 heavy (non-hydrogen) atoms. The largest absolute Gasteiger partial charge is 0.504 e. The number of aromatic hydroxyl groups is 1. The van der Waals surface area contributed by atoms with Crippen LogP contribution >= 0.6 is 11.8 Å². The summed E-state index contributed by atoms with van der Waals surface area (Å²) in [7, 11) is 1.47. The molecule has 2 aliphatic rings. The fourth-order valence-corrected chi connectivity index (χ4v) is 5.12. The van der Waals surface area contributed by atoms with E-state index >= 15 is 0 Å². The molecule has 1 atom stereocenters. The molecular formula is C23H27N3O4S. The number of aromatic nitrogens is 2. The lowest BCUT2D eigenvalue weighted by Crippen LogP contribution is -2.37. The number of H-pyrrole nitrogens is 1. The number of thioether (sulfide) groups is 1. The summed E-state index contributed by atoms with van der Waals surface area (Å²) >= 11 is 1.48. The Morgan fingerprint density at radius 1 is 1.26 bits per heavy atom. The van der Waals surface area contributed by atoms with Gasteiger partial charge in [0.2, 0.25) is 0 Å². The van der Waals surface area contributed by atoms with Crippen LogP contribution in [0.3, 0.4) is 0 Å². The van der Waals surface area contributed by atoms with Gasteiger partial charge in [-0.05, 0) is 29.5 Å². The maximum absolute atomic E-state index is 13.3. The van der Waals surface area contributed by atoms with E-state index in [1.807, 2.05) is 13.8 Å². The molecule has 3 N–H and O–H groups in total. The number of nitrogens with zero attached hydrogens (tertiary/aromatic N) is 1. The smallest absolute Gasteiger partial charge is 0.257 e. The van der Waals surface area contributed by atoms with Crippen molar-refractivity contribution in [3.8, 4) is 11.5 Å². The maximum Gasteiger partial charge on any atom is 0.257 e. The number of fused-ring (bicyclic) bond motifs is 1. The van der Waals surface area contributed by atoms with Gasteiger partial charge < -0.3 is 20.1 Å². The van der Waals surface area contributed by atoms with Crippen molar-refractivity contribution in [1.29, 1.82) is 0 Å². The van der Waals surface area contributed by atoms with Gasteiger partial charge >= 0.3 is 0 Å². The van der Waals surface area contributed by atoms with Crippen molar-refractivity contribution in [2.24, 2.45) is 5.41 Å². The highest BCUT2D eigenvalue weighted by Crippen LogP contribution is 2.48. The molecule has 1 aliphatic heterocycles. The molecule has 0 bridgehead atoms. The maximum atomic E-state index is 13.3. The van der Waals surface area contributed by atoms with Gasteiger partial charge in [0, 0.05) is 28.9 Å². The molecule has 1 aliphatic carbocycles. The van der Waals surface area contributed by atoms with Crippen molar-refractivity contribution in [2.75, 3.05) is 12.4 Å². The molecule has 0 fully saturated rings. The molecule has 0 spiro atoms. The number of hydrogen-bond donors (Lipinski definition) is 3. The number of phenols is 1. The second-order valence-electron chi connectivity index (χ2n) is 9.12. The highest BCUT2D eigenvalue weighted by atomic mass is 32.2. The lowest BCUT2D eigenvalue weighted by Gasteiger charge is -2.38. The molecule has 1 aromatic heterocycles. The van der Waals surface area contributed by atoms with Gasteiger partial charge in [0.1, 0.15) is 5.82 Å². The third-order valence-electron chi connectivity index (χ3n) is 5.58. The van der Waals surface area contributed by atoms with Gasteiger partial charge in [-0.2, -0.15) is 0 Å². The summed E-state index contributed by atoms with van der Waals surface area (Å²) in [6.45, 7) is 8.20. The summed E-state index contributed by atoms with van der Waals surface area (Å²) in [5, 5.41) is 14.2. The number of nitrogens with one attached hydrogen (secondary N) is 2. The molecule has 2 heterocycles. The lowest BCUT2D eigenvalue weighted by atomic mass is 9.69. The van der Waals surface area contributed by atoms with Gasteiger partial charge in [-0.1, -0.05) is 45.5 Å². The minimum atomic E-state index is -0.585. The van der Waals surface area contributed by atoms with E-state index in [1.165, 1.54) is 24.9 Å². The number of ketones is 1. The van der Waals surface area contributed by atoms with Crippen molar-refractivity contribution in [1.82, 2.24) is 9.97 Å². The zero-order valence-electron chi connectivity index (χ0n) is 18.3. The van der Waals surface area contributed by atoms with Crippen molar-refractivity contribution in [3.63, 3.8) is 0 Å². The van der Waals surface area contributed by atoms with Gasteiger partial charge in [0.05, 0.1) is 12.7 Å². The van der Waals surface area contributed by atoms with Crippen molar-refractivity contribution >= 4 is 23.4 Å². The van der Waals surface area contributed by atoms with Gasteiger partial charge in [0.15, 0.2) is 22.4 Å². The highest BCUT2D eigenvalue weighted by Gasteiger charge is 2.42. The number of carbonyl (C=O) groups excluding carboxylic acids is 1. The molecular weight excluding hydrogens is 414 g/mol. The van der Waals surface area contributed by atoms with Gasteiger partial charge in [-0.25, -0.2) is 4.98 Å². The fourth-order valence-electron chi connectivity index (χ4n) is 4.38. The van der Waals surface area contributed by atoms with E-state index in [0.29, 0.717) is 46.3 Å². The van der Waals surface area contributed by atoms with Crippen LogP contribution in [-0.2, 0) is 4.79 Å². The first-order valence-electron chi connectivity index (χ1n) is 10.3. The standard InChI is InChI=1S/C23H27N3O4S/c1-11(2)31-22-25-20-19(21(29)26-22)17(12-6-7-14(27)16(8-12)30-5)18-13(24-20)9-23(3,4)10-15(18)28/h6-8,11,17,27H,9-10H2,1-5H3,(H2,24,25,26,29). The minimum Gasteiger partial charge on any atom is -0.504 e. The van der Waals surface area contributed by atoms with Gasteiger partial charge in [-0.3, -0.25) is 9.59 Å². The van der Waals surface area contributed by atoms with Crippen LogP contribution in [0.15, 0.2) is 39.4 Å². The summed E-state index contributed by atoms with van der Waals surface area (Å²) in [4.78, 5) is 34.0. The summed E-state index contributed by atoms with van der Waals surface area (Å²) in [6, 6.07) is 4.94. The minimum absolute atomic E-state index is 0.00132. The molecule has 8 heteroatoms. The van der Waals surface area contributed by atoms with Crippen LogP contribution in [0, 0.1) is 5.41 Å². The molecule has 164 valence electrons. The molecule has 4 rings (SSSR count). The Balaban J connectivity index is 1.95. The van der Waals surface area contributed by atoms with Crippen molar-refractivity contribution < 1.29 is 14.6 Å². The average Bonchev–Trinajstić information content (AvgIpc) is 2.65. The van der Waals surface area contributed by atoms with E-state index in [2.05, 4.69) is 29.1 Å². The molecule has 0 saturated heterocycles. The number of hydrogen-bond acceptors (Lipinski definition) is 7. The van der Waals surface area contributed by atoms with Gasteiger partial charge in [0.25, 0.3) is 5.56 Å². The van der Waals surface area contributed by atoms with Crippen LogP contribution < -0.4 is 15.6 Å². The number of allylic oxidation sites excluding steroid dienone is 2. The number of phenolic OH excluding ortho intramolecular Hbond substituents is 1. The summed E-state index contributed by atoms with van der Waals surface area (Å²) < 4.78 is 5.28. The Bertz CT molecular complexity index is 1150. The van der Waals surface area contributed by atoms with Crippen LogP contribution in [0.25, 0.3) is 0 Å².